The summed E-state index contributed by atoms with van der Waals surface area (Å²) in [6.45, 7) is 0. The van der Waals surface area contributed by atoms with Gasteiger partial charge in [-0.05, 0) is 36.2 Å². The van der Waals surface area contributed by atoms with E-state index in [1.54, 1.807) is 30.3 Å². The molecule has 4 nitrogen and oxygen atoms in total. The summed E-state index contributed by atoms with van der Waals surface area (Å²) in [5.74, 6) is 0.456. The first-order chi connectivity index (χ1) is 9.96. The van der Waals surface area contributed by atoms with Crippen molar-refractivity contribution < 1.29 is 13.2 Å². The Balaban J connectivity index is 1.97. The Hall–Kier alpha value is -2.62. The van der Waals surface area contributed by atoms with E-state index < -0.39 is 12.6 Å². The molecule has 21 heavy (non-hydrogen) atoms. The Morgan fingerprint density at radius 2 is 1.76 bits per heavy atom. The van der Waals surface area contributed by atoms with Gasteiger partial charge in [-0.15, -0.1) is 10.2 Å². The Bertz CT molecular complexity index is 627. The molecular weight excluding hydrogens is 281 g/mol. The number of hydrogen-bond acceptors (Lipinski definition) is 4. The lowest BCUT2D eigenvalue weighted by atomic mass is 10.1. The van der Waals surface area contributed by atoms with Gasteiger partial charge in [-0.2, -0.15) is 18.4 Å². The van der Waals surface area contributed by atoms with Crippen molar-refractivity contribution in [2.45, 2.75) is 19.0 Å². The highest BCUT2D eigenvalue weighted by Gasteiger charge is 2.26. The van der Waals surface area contributed by atoms with Crippen molar-refractivity contribution >= 4 is 11.5 Å². The minimum atomic E-state index is -4.14. The zero-order valence-corrected chi connectivity index (χ0v) is 10.9. The van der Waals surface area contributed by atoms with Gasteiger partial charge in [0, 0.05) is 12.1 Å². The zero-order valence-electron chi connectivity index (χ0n) is 10.9. The van der Waals surface area contributed by atoms with Crippen LogP contribution in [0.3, 0.4) is 0 Å². The molecule has 0 unspecified atom stereocenters. The number of alkyl halides is 3. The molecule has 0 saturated carbocycles. The van der Waals surface area contributed by atoms with Gasteiger partial charge in [0.15, 0.2) is 11.5 Å². The zero-order chi connectivity index (χ0) is 15.3. The fraction of sp³-hybridized carbons (Fsp3) is 0.214. The molecule has 108 valence electrons. The fourth-order valence-corrected chi connectivity index (χ4v) is 1.65. The van der Waals surface area contributed by atoms with Gasteiger partial charge < -0.3 is 5.32 Å². The molecule has 0 aliphatic heterocycles. The molecule has 0 saturated heterocycles. The fourth-order valence-electron chi connectivity index (χ4n) is 1.65. The number of nitrogens with zero attached hydrogens (tertiary/aromatic N) is 3. The molecule has 1 heterocycles. The second-order valence-corrected chi connectivity index (χ2v) is 4.35. The highest BCUT2D eigenvalue weighted by atomic mass is 19.4. The number of rotatable bonds is 4. The number of benzene rings is 1. The van der Waals surface area contributed by atoms with Crippen LogP contribution in [0.1, 0.15) is 17.7 Å². The first kappa shape index (κ1) is 14.8. The smallest absolute Gasteiger partial charge is 0.339 e. The molecule has 0 atom stereocenters. The second-order valence-electron chi connectivity index (χ2n) is 4.35. The highest BCUT2D eigenvalue weighted by Crippen LogP contribution is 2.23. The maximum atomic E-state index is 12.1. The van der Waals surface area contributed by atoms with Gasteiger partial charge in [0.2, 0.25) is 0 Å². The van der Waals surface area contributed by atoms with Crippen molar-refractivity contribution in [1.29, 1.82) is 5.26 Å². The Morgan fingerprint density at radius 3 is 2.29 bits per heavy atom. The van der Waals surface area contributed by atoms with Crippen LogP contribution in [0, 0.1) is 11.3 Å². The lowest BCUT2D eigenvalue weighted by Gasteiger charge is -2.08. The molecule has 1 aromatic heterocycles. The average molecular weight is 292 g/mol. The Kier molecular flexibility index (Phi) is 4.38. The molecule has 1 N–H and O–H groups in total. The summed E-state index contributed by atoms with van der Waals surface area (Å²) in [6, 6.07) is 11.6. The van der Waals surface area contributed by atoms with Crippen molar-refractivity contribution in [2.75, 3.05) is 5.32 Å². The van der Waals surface area contributed by atoms with Gasteiger partial charge in [0.05, 0.1) is 0 Å². The minimum absolute atomic E-state index is 0.0412. The predicted molar refractivity (Wildman–Crippen MR) is 70.8 cm³/mol. The van der Waals surface area contributed by atoms with E-state index in [1.807, 2.05) is 6.07 Å². The normalized spacial score (nSPS) is 11.0. The lowest BCUT2D eigenvalue weighted by Crippen LogP contribution is -2.08. The molecule has 0 fully saturated rings. The maximum absolute atomic E-state index is 12.1. The van der Waals surface area contributed by atoms with Crippen LogP contribution < -0.4 is 5.32 Å². The predicted octanol–water partition coefficient (Wildman–Crippen LogP) is 3.59. The SMILES string of the molecule is N#Cc1ccc(Nc2ccc(CCC(F)(F)F)cc2)nn1. The number of hydrogen-bond donors (Lipinski definition) is 1. The van der Waals surface area contributed by atoms with E-state index in [9.17, 15) is 13.2 Å². The van der Waals surface area contributed by atoms with E-state index in [4.69, 9.17) is 5.26 Å². The van der Waals surface area contributed by atoms with E-state index in [-0.39, 0.29) is 12.1 Å². The van der Waals surface area contributed by atoms with Crippen molar-refractivity contribution in [3.05, 3.63) is 47.7 Å². The van der Waals surface area contributed by atoms with Gasteiger partial charge in [0.25, 0.3) is 0 Å². The third-order valence-electron chi connectivity index (χ3n) is 2.70. The van der Waals surface area contributed by atoms with Gasteiger partial charge in [0.1, 0.15) is 6.07 Å². The molecule has 0 aliphatic carbocycles. The summed E-state index contributed by atoms with van der Waals surface area (Å²) in [5.41, 5.74) is 1.51. The van der Waals surface area contributed by atoms with Crippen LogP contribution in [0.2, 0.25) is 0 Å². The van der Waals surface area contributed by atoms with Crippen LogP contribution >= 0.6 is 0 Å². The average Bonchev–Trinajstić information content (AvgIpc) is 2.46. The number of aryl methyl sites for hydroxylation is 1. The number of aromatic nitrogens is 2. The molecule has 0 radical (unpaired) electrons. The van der Waals surface area contributed by atoms with Crippen LogP contribution in [-0.2, 0) is 6.42 Å². The lowest BCUT2D eigenvalue weighted by molar-refractivity contribution is -0.133. The molecule has 0 aliphatic rings. The van der Waals surface area contributed by atoms with Crippen molar-refractivity contribution in [2.24, 2.45) is 0 Å². The standard InChI is InChI=1S/C14H11F3N4/c15-14(16,17)8-7-10-1-3-11(4-2-10)19-13-6-5-12(9-18)20-21-13/h1-6H,7-8H2,(H,19,21). The van der Waals surface area contributed by atoms with Gasteiger partial charge in [-0.1, -0.05) is 12.1 Å². The van der Waals surface area contributed by atoms with Crippen LogP contribution in [0.5, 0.6) is 0 Å². The molecule has 0 spiro atoms. The summed E-state index contributed by atoms with van der Waals surface area (Å²) in [4.78, 5) is 0. The summed E-state index contributed by atoms with van der Waals surface area (Å²) in [5, 5.41) is 19.0. The van der Waals surface area contributed by atoms with E-state index in [2.05, 4.69) is 15.5 Å². The summed E-state index contributed by atoms with van der Waals surface area (Å²) in [6.07, 6.45) is -5.02. The molecule has 2 rings (SSSR count). The van der Waals surface area contributed by atoms with Crippen LogP contribution in [0.15, 0.2) is 36.4 Å². The first-order valence-electron chi connectivity index (χ1n) is 6.13. The third kappa shape index (κ3) is 4.76. The van der Waals surface area contributed by atoms with E-state index in [0.717, 1.165) is 0 Å². The van der Waals surface area contributed by atoms with Gasteiger partial charge in [-0.3, -0.25) is 0 Å². The number of halogens is 3. The summed E-state index contributed by atoms with van der Waals surface area (Å²) in [7, 11) is 0. The Morgan fingerprint density at radius 1 is 1.05 bits per heavy atom. The molecule has 7 heteroatoms. The molecular formula is C14H11F3N4. The number of anilines is 2. The maximum Gasteiger partial charge on any atom is 0.389 e. The monoisotopic (exact) mass is 292 g/mol. The van der Waals surface area contributed by atoms with Crippen LogP contribution in [-0.4, -0.2) is 16.4 Å². The Labute approximate surface area is 119 Å². The highest BCUT2D eigenvalue weighted by molar-refractivity contribution is 5.56. The summed E-state index contributed by atoms with van der Waals surface area (Å²) < 4.78 is 36.4. The van der Waals surface area contributed by atoms with Crippen LogP contribution in [0.25, 0.3) is 0 Å². The minimum Gasteiger partial charge on any atom is -0.339 e. The van der Waals surface area contributed by atoms with E-state index >= 15 is 0 Å². The first-order valence-corrected chi connectivity index (χ1v) is 6.13. The van der Waals surface area contributed by atoms with E-state index in [1.165, 1.54) is 6.07 Å². The second kappa shape index (κ2) is 6.22. The molecule has 2 aromatic rings. The topological polar surface area (TPSA) is 61.6 Å². The van der Waals surface area contributed by atoms with Gasteiger partial charge in [-0.25, -0.2) is 0 Å². The van der Waals surface area contributed by atoms with Gasteiger partial charge >= 0.3 is 6.18 Å². The number of nitrogens with one attached hydrogen (secondary N) is 1. The number of nitriles is 1. The van der Waals surface area contributed by atoms with E-state index in [0.29, 0.717) is 17.1 Å². The van der Waals surface area contributed by atoms with Crippen LogP contribution in [0.4, 0.5) is 24.7 Å². The summed E-state index contributed by atoms with van der Waals surface area (Å²) >= 11 is 0. The van der Waals surface area contributed by atoms with Crippen molar-refractivity contribution in [3.8, 4) is 6.07 Å². The molecule has 1 aromatic carbocycles. The molecule has 0 bridgehead atoms. The molecule has 0 amide bonds. The largest absolute Gasteiger partial charge is 0.389 e. The van der Waals surface area contributed by atoms with Crippen molar-refractivity contribution in [1.82, 2.24) is 10.2 Å². The van der Waals surface area contributed by atoms with Crippen molar-refractivity contribution in [3.63, 3.8) is 0 Å². The quantitative estimate of drug-likeness (QED) is 0.935. The third-order valence-corrected chi connectivity index (χ3v) is 2.70.